The van der Waals surface area contributed by atoms with Crippen molar-refractivity contribution in [2.24, 2.45) is 5.92 Å². The zero-order valence-corrected chi connectivity index (χ0v) is 19.6. The van der Waals surface area contributed by atoms with Gasteiger partial charge in [-0.3, -0.25) is 0 Å². The summed E-state index contributed by atoms with van der Waals surface area (Å²) in [4.78, 5) is 0. The number of hydrogen-bond donors (Lipinski definition) is 0. The maximum Gasteiger partial charge on any atom is 0.432 e. The van der Waals surface area contributed by atoms with Crippen LogP contribution >= 0.6 is 0 Å². The van der Waals surface area contributed by atoms with Gasteiger partial charge in [0.25, 0.3) is 0 Å². The maximum absolute atomic E-state index is 14.6. The fourth-order valence-corrected chi connectivity index (χ4v) is 3.43. The first-order valence-corrected chi connectivity index (χ1v) is 11.1. The average Bonchev–Trinajstić information content (AvgIpc) is 2.83. The van der Waals surface area contributed by atoms with Crippen LogP contribution in [0.2, 0.25) is 0 Å². The van der Waals surface area contributed by atoms with Gasteiger partial charge in [-0.15, -0.1) is 0 Å². The molecule has 0 aliphatic carbocycles. The van der Waals surface area contributed by atoms with Crippen molar-refractivity contribution in [2.75, 3.05) is 13.2 Å². The molecule has 0 N–H and O–H groups in total. The molecule has 1 fully saturated rings. The zero-order valence-electron chi connectivity index (χ0n) is 19.6. The maximum atomic E-state index is 14.6. The lowest BCUT2D eigenvalue weighted by molar-refractivity contribution is -0.202. The Hall–Kier alpha value is -3.11. The second kappa shape index (κ2) is 11.3. The second-order valence-electron chi connectivity index (χ2n) is 7.86. The van der Waals surface area contributed by atoms with E-state index < -0.39 is 52.8 Å². The first kappa shape index (κ1) is 27.5. The van der Waals surface area contributed by atoms with Crippen LogP contribution in [0.15, 0.2) is 48.5 Å². The normalized spacial score (nSPS) is 17.8. The Morgan fingerprint density at radius 2 is 1.25 bits per heavy atom. The summed E-state index contributed by atoms with van der Waals surface area (Å²) in [6.45, 7) is 6.99. The van der Waals surface area contributed by atoms with Gasteiger partial charge in [0.15, 0.2) is 23.7 Å². The highest BCUT2D eigenvalue weighted by atomic mass is 19.3. The van der Waals surface area contributed by atoms with Crippen molar-refractivity contribution in [3.63, 3.8) is 0 Å². The summed E-state index contributed by atoms with van der Waals surface area (Å²) in [6, 6.07) is 7.90. The molecule has 3 nitrogen and oxygen atoms in total. The summed E-state index contributed by atoms with van der Waals surface area (Å²) in [5, 5.41) is 0. The summed E-state index contributed by atoms with van der Waals surface area (Å²) < 4.78 is 113. The topological polar surface area (TPSA) is 27.7 Å². The van der Waals surface area contributed by atoms with Gasteiger partial charge in [-0.2, -0.15) is 8.78 Å². The molecule has 0 radical (unpaired) electrons. The van der Waals surface area contributed by atoms with E-state index in [1.807, 2.05) is 20.8 Å². The minimum absolute atomic E-state index is 0.0425. The van der Waals surface area contributed by atoms with Crippen molar-refractivity contribution in [2.45, 2.75) is 33.2 Å². The fraction of sp³-hybridized carbons (Fsp3) is 0.308. The molecule has 1 heterocycles. The third kappa shape index (κ3) is 5.99. The first-order valence-electron chi connectivity index (χ1n) is 11.1. The van der Waals surface area contributed by atoms with E-state index in [1.54, 1.807) is 12.1 Å². The number of halogens is 7. The van der Waals surface area contributed by atoms with Crippen molar-refractivity contribution in [1.82, 2.24) is 0 Å². The number of hydrogen-bond acceptors (Lipinski definition) is 3. The molecule has 3 aromatic carbocycles. The number of alkyl halides is 2. The Labute approximate surface area is 203 Å². The van der Waals surface area contributed by atoms with Crippen molar-refractivity contribution >= 4 is 0 Å². The molecular formula is C26H23F7O3. The molecule has 3 aromatic rings. The molecule has 0 unspecified atom stereocenters. The third-order valence-electron chi connectivity index (χ3n) is 5.12. The van der Waals surface area contributed by atoms with Gasteiger partial charge in [0.1, 0.15) is 22.9 Å². The van der Waals surface area contributed by atoms with Crippen molar-refractivity contribution in [3.8, 4) is 16.9 Å². The molecule has 0 amide bonds. The highest BCUT2D eigenvalue weighted by Crippen LogP contribution is 2.38. The van der Waals surface area contributed by atoms with Crippen LogP contribution in [0.3, 0.4) is 0 Å². The monoisotopic (exact) mass is 516 g/mol. The van der Waals surface area contributed by atoms with Crippen LogP contribution in [0.4, 0.5) is 30.7 Å². The van der Waals surface area contributed by atoms with Crippen LogP contribution in [0, 0.1) is 35.0 Å². The lowest BCUT2D eigenvalue weighted by Gasteiger charge is -2.27. The number of ether oxygens (including phenoxy) is 3. The van der Waals surface area contributed by atoms with Crippen molar-refractivity contribution in [3.05, 3.63) is 88.7 Å². The molecule has 1 aliphatic rings. The summed E-state index contributed by atoms with van der Waals surface area (Å²) in [5.74, 6) is -9.71. The largest absolute Gasteiger partial charge is 0.432 e. The molecule has 1 aliphatic heterocycles. The first-order chi connectivity index (χ1) is 17.0. The standard InChI is InChI=1S/C24H17F7O3.C2H6/c1-12-10-32-23(33-11-12)14-4-2-13(3-5-14)15-6-17(25)21(18(26)7-15)24(30,31)34-16-8-19(27)22(29)20(28)9-16;1-2/h2-9,12,23H,10-11H2,1H3;1-2H3. The minimum atomic E-state index is -4.65. The van der Waals surface area contributed by atoms with Crippen LogP contribution in [0.25, 0.3) is 11.1 Å². The molecule has 10 heteroatoms. The molecule has 1 saturated heterocycles. The Balaban J connectivity index is 0.00000176. The molecule has 4 rings (SSSR count). The smallest absolute Gasteiger partial charge is 0.429 e. The lowest BCUT2D eigenvalue weighted by Crippen LogP contribution is -2.25. The average molecular weight is 516 g/mol. The molecule has 0 atom stereocenters. The summed E-state index contributed by atoms with van der Waals surface area (Å²) in [6.07, 6.45) is -5.24. The van der Waals surface area contributed by atoms with Gasteiger partial charge < -0.3 is 14.2 Å². The predicted octanol–water partition coefficient (Wildman–Crippen LogP) is 7.89. The highest BCUT2D eigenvalue weighted by Gasteiger charge is 2.41. The van der Waals surface area contributed by atoms with Gasteiger partial charge in [0.2, 0.25) is 0 Å². The van der Waals surface area contributed by atoms with Gasteiger partial charge in [0.05, 0.1) is 13.2 Å². The summed E-state index contributed by atoms with van der Waals surface area (Å²) in [5.41, 5.74) is -0.814. The van der Waals surface area contributed by atoms with Crippen LogP contribution in [-0.4, -0.2) is 13.2 Å². The highest BCUT2D eigenvalue weighted by molar-refractivity contribution is 5.64. The van der Waals surface area contributed by atoms with Gasteiger partial charge in [0, 0.05) is 23.6 Å². The predicted molar refractivity (Wildman–Crippen MR) is 118 cm³/mol. The lowest BCUT2D eigenvalue weighted by atomic mass is 10.0. The molecule has 0 aromatic heterocycles. The Bertz CT molecular complexity index is 1140. The van der Waals surface area contributed by atoms with E-state index in [0.717, 1.165) is 0 Å². The second-order valence-corrected chi connectivity index (χ2v) is 7.86. The third-order valence-corrected chi connectivity index (χ3v) is 5.12. The van der Waals surface area contributed by atoms with E-state index in [0.29, 0.717) is 36.5 Å². The van der Waals surface area contributed by atoms with Crippen molar-refractivity contribution in [1.29, 1.82) is 0 Å². The van der Waals surface area contributed by atoms with E-state index in [2.05, 4.69) is 4.74 Å². The van der Waals surface area contributed by atoms with Crippen LogP contribution < -0.4 is 4.74 Å². The van der Waals surface area contributed by atoms with Gasteiger partial charge in [-0.25, -0.2) is 22.0 Å². The Morgan fingerprint density at radius 1 is 0.750 bits per heavy atom. The SMILES string of the molecule is CC.CC1COC(c2ccc(-c3cc(F)c(C(F)(F)Oc4cc(F)c(F)c(F)c4)c(F)c3)cc2)OC1. The van der Waals surface area contributed by atoms with E-state index in [1.165, 1.54) is 12.1 Å². The van der Waals surface area contributed by atoms with Crippen LogP contribution in [-0.2, 0) is 15.6 Å². The zero-order chi connectivity index (χ0) is 26.6. The Morgan fingerprint density at radius 3 is 1.75 bits per heavy atom. The number of rotatable bonds is 5. The minimum Gasteiger partial charge on any atom is -0.429 e. The number of benzene rings is 3. The molecule has 0 saturated carbocycles. The van der Waals surface area contributed by atoms with Crippen LogP contribution in [0.1, 0.15) is 38.2 Å². The molecule has 0 spiro atoms. The molecule has 36 heavy (non-hydrogen) atoms. The fourth-order valence-electron chi connectivity index (χ4n) is 3.43. The molecule has 0 bridgehead atoms. The van der Waals surface area contributed by atoms with E-state index in [-0.39, 0.29) is 23.6 Å². The van der Waals surface area contributed by atoms with Gasteiger partial charge >= 0.3 is 6.11 Å². The van der Waals surface area contributed by atoms with E-state index in [4.69, 9.17) is 9.47 Å². The van der Waals surface area contributed by atoms with Gasteiger partial charge in [-0.05, 0) is 23.3 Å². The van der Waals surface area contributed by atoms with E-state index >= 15 is 0 Å². The molecule has 194 valence electrons. The summed E-state index contributed by atoms with van der Waals surface area (Å²) in [7, 11) is 0. The van der Waals surface area contributed by atoms with Crippen LogP contribution in [0.5, 0.6) is 5.75 Å². The Kier molecular flexibility index (Phi) is 8.63. The summed E-state index contributed by atoms with van der Waals surface area (Å²) >= 11 is 0. The quantitative estimate of drug-likeness (QED) is 0.255. The molecular weight excluding hydrogens is 493 g/mol. The van der Waals surface area contributed by atoms with Crippen molar-refractivity contribution < 1.29 is 44.9 Å². The van der Waals surface area contributed by atoms with Gasteiger partial charge in [-0.1, -0.05) is 45.0 Å². The van der Waals surface area contributed by atoms with E-state index in [9.17, 15) is 30.7 Å².